The van der Waals surface area contributed by atoms with Crippen molar-refractivity contribution in [3.05, 3.63) is 52.4 Å². The molecule has 1 N–H and O–H groups in total. The van der Waals surface area contributed by atoms with Crippen molar-refractivity contribution in [2.24, 2.45) is 0 Å². The Kier molecular flexibility index (Phi) is 8.35. The van der Waals surface area contributed by atoms with E-state index in [-0.39, 0.29) is 24.8 Å². The zero-order valence-electron chi connectivity index (χ0n) is 19.0. The maximum Gasteiger partial charge on any atom is 0.266 e. The maximum atomic E-state index is 13.0. The number of carbonyl (C=O) groups is 2. The van der Waals surface area contributed by atoms with Crippen LogP contribution in [0.25, 0.3) is 6.08 Å². The number of anilines is 1. The van der Waals surface area contributed by atoms with Crippen LogP contribution in [0.3, 0.4) is 0 Å². The van der Waals surface area contributed by atoms with Gasteiger partial charge in [-0.1, -0.05) is 49.1 Å². The summed E-state index contributed by atoms with van der Waals surface area (Å²) >= 11 is 6.59. The summed E-state index contributed by atoms with van der Waals surface area (Å²) in [6.45, 7) is 2.24. The van der Waals surface area contributed by atoms with Gasteiger partial charge in [-0.2, -0.15) is 0 Å². The van der Waals surface area contributed by atoms with Gasteiger partial charge in [-0.25, -0.2) is 0 Å². The van der Waals surface area contributed by atoms with Crippen molar-refractivity contribution in [2.75, 3.05) is 33.2 Å². The molecule has 2 aromatic rings. The van der Waals surface area contributed by atoms with Crippen molar-refractivity contribution in [3.8, 4) is 17.2 Å². The zero-order chi connectivity index (χ0) is 24.0. The monoisotopic (exact) mass is 486 g/mol. The summed E-state index contributed by atoms with van der Waals surface area (Å²) in [6, 6.07) is 11.2. The molecule has 7 nitrogen and oxygen atoms in total. The van der Waals surface area contributed by atoms with E-state index in [1.807, 2.05) is 31.2 Å². The van der Waals surface area contributed by atoms with Gasteiger partial charge >= 0.3 is 0 Å². The van der Waals surface area contributed by atoms with Crippen molar-refractivity contribution < 1.29 is 23.8 Å². The molecule has 174 valence electrons. The van der Waals surface area contributed by atoms with Crippen molar-refractivity contribution in [1.82, 2.24) is 4.90 Å². The molecule has 1 aliphatic heterocycles. The molecule has 0 unspecified atom stereocenters. The third-order valence-electron chi connectivity index (χ3n) is 5.09. The van der Waals surface area contributed by atoms with Crippen LogP contribution in [0.15, 0.2) is 41.3 Å². The molecule has 0 aromatic heterocycles. The van der Waals surface area contributed by atoms with Crippen LogP contribution >= 0.6 is 24.0 Å². The number of carbonyl (C=O) groups excluding carboxylic acids is 2. The summed E-state index contributed by atoms with van der Waals surface area (Å²) in [5.74, 6) is 1.05. The molecule has 0 atom stereocenters. The quantitative estimate of drug-likeness (QED) is 0.413. The van der Waals surface area contributed by atoms with E-state index >= 15 is 0 Å². The number of nitrogens with zero attached hydrogens (tertiary/aromatic N) is 1. The first-order valence-corrected chi connectivity index (χ1v) is 11.6. The number of thioether (sulfide) groups is 1. The third kappa shape index (κ3) is 5.66. The predicted molar refractivity (Wildman–Crippen MR) is 135 cm³/mol. The number of para-hydroxylation sites is 1. The van der Waals surface area contributed by atoms with Crippen molar-refractivity contribution in [3.63, 3.8) is 0 Å². The fraction of sp³-hybridized carbons (Fsp3) is 0.292. The second kappa shape index (κ2) is 11.2. The van der Waals surface area contributed by atoms with Crippen molar-refractivity contribution in [1.29, 1.82) is 0 Å². The van der Waals surface area contributed by atoms with E-state index in [2.05, 4.69) is 5.32 Å². The molecule has 1 fully saturated rings. The number of aryl methyl sites for hydroxylation is 1. The second-order valence-corrected chi connectivity index (χ2v) is 8.78. The number of hydrogen-bond acceptors (Lipinski definition) is 7. The van der Waals surface area contributed by atoms with Crippen LogP contribution in [0, 0.1) is 0 Å². The Bertz CT molecular complexity index is 1080. The molecule has 1 saturated heterocycles. The minimum atomic E-state index is -0.236. The van der Waals surface area contributed by atoms with E-state index in [0.29, 0.717) is 32.0 Å². The van der Waals surface area contributed by atoms with Gasteiger partial charge in [0, 0.05) is 18.7 Å². The minimum Gasteiger partial charge on any atom is -0.493 e. The average Bonchev–Trinajstić information content (AvgIpc) is 3.09. The topological polar surface area (TPSA) is 77.1 Å². The van der Waals surface area contributed by atoms with Gasteiger partial charge in [-0.05, 0) is 41.8 Å². The number of amides is 2. The highest BCUT2D eigenvalue weighted by atomic mass is 32.2. The third-order valence-corrected chi connectivity index (χ3v) is 6.47. The molecule has 3 rings (SSSR count). The van der Waals surface area contributed by atoms with Crippen LogP contribution in [0.2, 0.25) is 0 Å². The number of hydrogen-bond donors (Lipinski definition) is 1. The van der Waals surface area contributed by atoms with Crippen LogP contribution < -0.4 is 19.5 Å². The fourth-order valence-corrected chi connectivity index (χ4v) is 4.71. The molecule has 9 heteroatoms. The van der Waals surface area contributed by atoms with Gasteiger partial charge in [0.05, 0.1) is 26.2 Å². The van der Waals surface area contributed by atoms with E-state index in [9.17, 15) is 9.59 Å². The molecule has 0 aliphatic carbocycles. The molecule has 1 aliphatic rings. The predicted octanol–water partition coefficient (Wildman–Crippen LogP) is 4.50. The molecular weight excluding hydrogens is 460 g/mol. The molecule has 2 aromatic carbocycles. The number of ether oxygens (including phenoxy) is 3. The van der Waals surface area contributed by atoms with Gasteiger partial charge in [0.1, 0.15) is 4.32 Å². The second-order valence-electron chi connectivity index (χ2n) is 7.10. The summed E-state index contributed by atoms with van der Waals surface area (Å²) in [4.78, 5) is 27.3. The summed E-state index contributed by atoms with van der Waals surface area (Å²) in [5.41, 5.74) is 2.56. The van der Waals surface area contributed by atoms with Crippen molar-refractivity contribution >= 4 is 51.9 Å². The molecule has 0 bridgehead atoms. The molecular formula is C24H26N2O5S2. The van der Waals surface area contributed by atoms with Gasteiger partial charge in [0.2, 0.25) is 11.7 Å². The largest absolute Gasteiger partial charge is 0.493 e. The van der Waals surface area contributed by atoms with E-state index in [1.165, 1.54) is 38.0 Å². The lowest BCUT2D eigenvalue weighted by Gasteiger charge is -2.15. The van der Waals surface area contributed by atoms with Crippen LogP contribution in [-0.2, 0) is 16.0 Å². The van der Waals surface area contributed by atoms with Gasteiger partial charge in [0.15, 0.2) is 11.5 Å². The SMILES string of the molecule is CCc1ccccc1NC(=O)CCN1C(=O)C(=Cc2cc(OC)c(OC)c(OC)c2)SC1=S. The molecule has 0 radical (unpaired) electrons. The lowest BCUT2D eigenvalue weighted by Crippen LogP contribution is -2.31. The molecule has 0 saturated carbocycles. The van der Waals surface area contributed by atoms with Gasteiger partial charge in [0.25, 0.3) is 5.91 Å². The number of thiocarbonyl (C=S) groups is 1. The Morgan fingerprint density at radius 3 is 2.39 bits per heavy atom. The average molecular weight is 487 g/mol. The molecule has 2 amide bonds. The number of benzene rings is 2. The number of nitrogens with one attached hydrogen (secondary N) is 1. The Morgan fingerprint density at radius 1 is 1.12 bits per heavy atom. The Morgan fingerprint density at radius 2 is 1.79 bits per heavy atom. The van der Waals surface area contributed by atoms with Crippen LogP contribution in [0.4, 0.5) is 5.69 Å². The molecule has 0 spiro atoms. The smallest absolute Gasteiger partial charge is 0.266 e. The van der Waals surface area contributed by atoms with Crippen molar-refractivity contribution in [2.45, 2.75) is 19.8 Å². The summed E-state index contributed by atoms with van der Waals surface area (Å²) in [6.07, 6.45) is 2.68. The highest BCUT2D eigenvalue weighted by Crippen LogP contribution is 2.40. The number of methoxy groups -OCH3 is 3. The van der Waals surface area contributed by atoms with Gasteiger partial charge in [-0.15, -0.1) is 0 Å². The first kappa shape index (κ1) is 24.6. The van der Waals surface area contributed by atoms with Gasteiger partial charge < -0.3 is 19.5 Å². The Balaban J connectivity index is 1.70. The fourth-order valence-electron chi connectivity index (χ4n) is 3.41. The molecule has 1 heterocycles. The van der Waals surface area contributed by atoms with Crippen LogP contribution in [0.1, 0.15) is 24.5 Å². The van der Waals surface area contributed by atoms with E-state index < -0.39 is 0 Å². The highest BCUT2D eigenvalue weighted by Gasteiger charge is 2.32. The first-order valence-electron chi connectivity index (χ1n) is 10.3. The lowest BCUT2D eigenvalue weighted by atomic mass is 10.1. The Labute approximate surface area is 203 Å². The van der Waals surface area contributed by atoms with Crippen LogP contribution in [0.5, 0.6) is 17.2 Å². The standard InChI is InChI=1S/C24H26N2O5S2/c1-5-16-8-6-7-9-17(16)25-21(27)10-11-26-23(28)20(33-24(26)32)14-15-12-18(29-2)22(31-4)19(13-15)30-3/h6-9,12-14H,5,10-11H2,1-4H3,(H,25,27). The van der Waals surface area contributed by atoms with E-state index in [4.69, 9.17) is 26.4 Å². The van der Waals surface area contributed by atoms with E-state index in [0.717, 1.165) is 17.7 Å². The first-order chi connectivity index (χ1) is 15.9. The molecule has 33 heavy (non-hydrogen) atoms. The van der Waals surface area contributed by atoms with E-state index in [1.54, 1.807) is 18.2 Å². The van der Waals surface area contributed by atoms with Gasteiger partial charge in [-0.3, -0.25) is 14.5 Å². The Hall–Kier alpha value is -3.04. The zero-order valence-corrected chi connectivity index (χ0v) is 20.6. The van der Waals surface area contributed by atoms with Crippen LogP contribution in [-0.4, -0.2) is 48.9 Å². The minimum absolute atomic E-state index is 0.141. The lowest BCUT2D eigenvalue weighted by molar-refractivity contribution is -0.122. The maximum absolute atomic E-state index is 13.0. The highest BCUT2D eigenvalue weighted by molar-refractivity contribution is 8.26. The normalized spacial score (nSPS) is 14.5. The summed E-state index contributed by atoms with van der Waals surface area (Å²) in [7, 11) is 4.59. The summed E-state index contributed by atoms with van der Waals surface area (Å²) in [5, 5.41) is 2.92. The number of rotatable bonds is 9. The summed E-state index contributed by atoms with van der Waals surface area (Å²) < 4.78 is 16.5.